The van der Waals surface area contributed by atoms with Crippen LogP contribution in [0.15, 0.2) is 6.20 Å². The number of halogens is 3. The van der Waals surface area contributed by atoms with Crippen LogP contribution in [0, 0.1) is 0 Å². The fourth-order valence-electron chi connectivity index (χ4n) is 1.18. The third-order valence-electron chi connectivity index (χ3n) is 1.88. The van der Waals surface area contributed by atoms with E-state index in [1.54, 1.807) is 0 Å². The second kappa shape index (κ2) is 5.07. The van der Waals surface area contributed by atoms with Gasteiger partial charge in [0, 0.05) is 11.8 Å². The van der Waals surface area contributed by atoms with Gasteiger partial charge in [0.1, 0.15) is 5.02 Å². The molecule has 0 saturated heterocycles. The van der Waals surface area contributed by atoms with Gasteiger partial charge in [0.05, 0.1) is 13.5 Å². The predicted molar refractivity (Wildman–Crippen MR) is 52.1 cm³/mol. The largest absolute Gasteiger partial charge is 0.481 e. The molecule has 0 spiro atoms. The van der Waals surface area contributed by atoms with Crippen molar-refractivity contribution in [3.05, 3.63) is 22.3 Å². The molecule has 0 aliphatic heterocycles. The first kappa shape index (κ1) is 12.6. The molecule has 0 bridgehead atoms. The maximum absolute atomic E-state index is 12.6. The van der Waals surface area contributed by atoms with Crippen molar-refractivity contribution < 1.29 is 23.4 Å². The molecular formula is C9H8ClF2NO3. The number of aromatic nitrogens is 1. The predicted octanol–water partition coefficient (Wildman–Crippen LogP) is 2.31. The van der Waals surface area contributed by atoms with E-state index in [9.17, 15) is 13.6 Å². The Bertz CT molecular complexity index is 412. The number of carbonyl (C=O) groups is 1. The minimum Gasteiger partial charge on any atom is -0.481 e. The number of methoxy groups -OCH3 is 1. The van der Waals surface area contributed by atoms with Gasteiger partial charge in [-0.25, -0.2) is 13.8 Å². The molecule has 0 aliphatic carbocycles. The van der Waals surface area contributed by atoms with Crippen molar-refractivity contribution in [1.82, 2.24) is 4.98 Å². The van der Waals surface area contributed by atoms with Crippen LogP contribution in [-0.2, 0) is 11.2 Å². The zero-order valence-corrected chi connectivity index (χ0v) is 8.96. The van der Waals surface area contributed by atoms with Crippen LogP contribution in [-0.4, -0.2) is 23.2 Å². The normalized spacial score (nSPS) is 10.6. The van der Waals surface area contributed by atoms with E-state index >= 15 is 0 Å². The lowest BCUT2D eigenvalue weighted by Crippen LogP contribution is -2.07. The van der Waals surface area contributed by atoms with Crippen molar-refractivity contribution in [2.75, 3.05) is 7.11 Å². The summed E-state index contributed by atoms with van der Waals surface area (Å²) in [5.74, 6) is -1.32. The van der Waals surface area contributed by atoms with Crippen molar-refractivity contribution >= 4 is 17.6 Å². The molecule has 0 aromatic carbocycles. The topological polar surface area (TPSA) is 59.4 Å². The maximum atomic E-state index is 12.6. The molecule has 88 valence electrons. The number of hydrogen-bond donors (Lipinski definition) is 1. The van der Waals surface area contributed by atoms with E-state index in [0.29, 0.717) is 0 Å². The summed E-state index contributed by atoms with van der Waals surface area (Å²) in [5.41, 5.74) is -0.663. The van der Waals surface area contributed by atoms with Crippen molar-refractivity contribution in [2.45, 2.75) is 12.8 Å². The SMILES string of the molecule is COc1ncc(C(F)F)c(CC(=O)O)c1Cl. The van der Waals surface area contributed by atoms with Gasteiger partial charge in [0.15, 0.2) is 0 Å². The van der Waals surface area contributed by atoms with E-state index in [0.717, 1.165) is 6.20 Å². The molecule has 0 amide bonds. The fourth-order valence-corrected chi connectivity index (χ4v) is 1.48. The first-order valence-electron chi connectivity index (χ1n) is 4.18. The Kier molecular flexibility index (Phi) is 4.00. The maximum Gasteiger partial charge on any atom is 0.307 e. The minimum atomic E-state index is -2.83. The molecule has 4 nitrogen and oxygen atoms in total. The molecular weight excluding hydrogens is 244 g/mol. The molecule has 16 heavy (non-hydrogen) atoms. The van der Waals surface area contributed by atoms with Crippen LogP contribution in [0.3, 0.4) is 0 Å². The van der Waals surface area contributed by atoms with Crippen molar-refractivity contribution in [3.8, 4) is 5.88 Å². The Morgan fingerprint density at radius 1 is 1.69 bits per heavy atom. The van der Waals surface area contributed by atoms with Gasteiger partial charge >= 0.3 is 5.97 Å². The lowest BCUT2D eigenvalue weighted by molar-refractivity contribution is -0.136. The Labute approximate surface area is 94.8 Å². The molecule has 0 fully saturated rings. The monoisotopic (exact) mass is 251 g/mol. The Hall–Kier alpha value is -1.43. The highest BCUT2D eigenvalue weighted by Crippen LogP contribution is 2.33. The first-order valence-corrected chi connectivity index (χ1v) is 4.56. The van der Waals surface area contributed by atoms with Gasteiger partial charge in [0.25, 0.3) is 6.43 Å². The molecule has 0 saturated carbocycles. The van der Waals surface area contributed by atoms with Gasteiger partial charge < -0.3 is 9.84 Å². The molecule has 1 N–H and O–H groups in total. The third kappa shape index (κ3) is 2.57. The highest BCUT2D eigenvalue weighted by Gasteiger charge is 2.21. The van der Waals surface area contributed by atoms with Crippen molar-refractivity contribution in [2.24, 2.45) is 0 Å². The average Bonchev–Trinajstić information content (AvgIpc) is 2.19. The van der Waals surface area contributed by atoms with E-state index in [-0.39, 0.29) is 16.5 Å². The summed E-state index contributed by atoms with van der Waals surface area (Å²) in [6.45, 7) is 0. The number of hydrogen-bond acceptors (Lipinski definition) is 3. The summed E-state index contributed by atoms with van der Waals surface area (Å²) < 4.78 is 29.8. The number of rotatable bonds is 4. The van der Waals surface area contributed by atoms with Crippen molar-refractivity contribution in [3.63, 3.8) is 0 Å². The van der Waals surface area contributed by atoms with Gasteiger partial charge in [-0.3, -0.25) is 4.79 Å². The number of carboxylic acid groups (broad SMARTS) is 1. The minimum absolute atomic E-state index is 0.0673. The number of nitrogens with zero attached hydrogens (tertiary/aromatic N) is 1. The third-order valence-corrected chi connectivity index (χ3v) is 2.27. The van der Waals surface area contributed by atoms with Crippen LogP contribution in [0.1, 0.15) is 17.6 Å². The summed E-state index contributed by atoms with van der Waals surface area (Å²) in [5, 5.41) is 8.40. The molecule has 7 heteroatoms. The van der Waals surface area contributed by atoms with E-state index in [1.165, 1.54) is 7.11 Å². The molecule has 0 radical (unpaired) electrons. The Balaban J connectivity index is 3.30. The number of alkyl halides is 2. The van der Waals surface area contributed by atoms with Crippen LogP contribution in [0.2, 0.25) is 5.02 Å². The first-order chi connectivity index (χ1) is 7.47. The molecule has 1 rings (SSSR count). The van der Waals surface area contributed by atoms with Crippen molar-refractivity contribution in [1.29, 1.82) is 0 Å². The summed E-state index contributed by atoms with van der Waals surface area (Å²) in [4.78, 5) is 14.1. The van der Waals surface area contributed by atoms with Gasteiger partial charge in [-0.15, -0.1) is 0 Å². The summed E-state index contributed by atoms with van der Waals surface area (Å²) in [6.07, 6.45) is -2.56. The number of ether oxygens (including phenoxy) is 1. The standard InChI is InChI=1S/C9H8ClF2NO3/c1-16-9-7(10)4(2-6(14)15)5(3-13-9)8(11)12/h3,8H,2H2,1H3,(H,14,15). The lowest BCUT2D eigenvalue weighted by Gasteiger charge is -2.11. The molecule has 0 unspecified atom stereocenters. The zero-order chi connectivity index (χ0) is 12.3. The highest BCUT2D eigenvalue weighted by molar-refractivity contribution is 6.32. The average molecular weight is 252 g/mol. The van der Waals surface area contributed by atoms with Crippen LogP contribution < -0.4 is 4.74 Å². The molecule has 1 aromatic heterocycles. The van der Waals surface area contributed by atoms with Gasteiger partial charge in [-0.1, -0.05) is 11.6 Å². The number of pyridine rings is 1. The second-order valence-electron chi connectivity index (χ2n) is 2.89. The van der Waals surface area contributed by atoms with E-state index in [1.807, 2.05) is 0 Å². The smallest absolute Gasteiger partial charge is 0.307 e. The zero-order valence-electron chi connectivity index (χ0n) is 8.21. The second-order valence-corrected chi connectivity index (χ2v) is 3.26. The van der Waals surface area contributed by atoms with E-state index in [2.05, 4.69) is 4.98 Å². The molecule has 1 aromatic rings. The van der Waals surface area contributed by atoms with Gasteiger partial charge in [0.2, 0.25) is 5.88 Å². The molecule has 1 heterocycles. The quantitative estimate of drug-likeness (QED) is 0.892. The van der Waals surface area contributed by atoms with E-state index < -0.39 is 24.4 Å². The Morgan fingerprint density at radius 2 is 2.31 bits per heavy atom. The van der Waals surface area contributed by atoms with Gasteiger partial charge in [-0.2, -0.15) is 0 Å². The van der Waals surface area contributed by atoms with Crippen LogP contribution in [0.25, 0.3) is 0 Å². The highest BCUT2D eigenvalue weighted by atomic mass is 35.5. The molecule has 0 atom stereocenters. The lowest BCUT2D eigenvalue weighted by atomic mass is 10.1. The summed E-state index contributed by atoms with van der Waals surface area (Å²) in [7, 11) is 1.26. The number of aliphatic carboxylic acids is 1. The Morgan fingerprint density at radius 3 is 2.75 bits per heavy atom. The summed E-state index contributed by atoms with van der Waals surface area (Å²) >= 11 is 5.72. The summed E-state index contributed by atoms with van der Waals surface area (Å²) in [6, 6.07) is 0. The van der Waals surface area contributed by atoms with Crippen LogP contribution in [0.4, 0.5) is 8.78 Å². The number of carboxylic acids is 1. The molecule has 0 aliphatic rings. The fraction of sp³-hybridized carbons (Fsp3) is 0.333. The van der Waals surface area contributed by atoms with Gasteiger partial charge in [-0.05, 0) is 5.56 Å². The van der Waals surface area contributed by atoms with E-state index in [4.69, 9.17) is 21.4 Å². The van der Waals surface area contributed by atoms with Crippen LogP contribution >= 0.6 is 11.6 Å². The van der Waals surface area contributed by atoms with Crippen LogP contribution in [0.5, 0.6) is 5.88 Å².